The molecule has 0 radical (unpaired) electrons. The third-order valence-electron chi connectivity index (χ3n) is 6.00. The number of likely N-dealkylation sites (tertiary alicyclic amines) is 1. The van der Waals surface area contributed by atoms with Crippen LogP contribution in [-0.2, 0) is 4.74 Å². The van der Waals surface area contributed by atoms with Gasteiger partial charge in [-0.25, -0.2) is 0 Å². The van der Waals surface area contributed by atoms with Crippen LogP contribution < -0.4 is 9.47 Å². The van der Waals surface area contributed by atoms with Gasteiger partial charge in [-0.05, 0) is 48.4 Å². The lowest BCUT2D eigenvalue weighted by molar-refractivity contribution is 0.0668. The van der Waals surface area contributed by atoms with Crippen molar-refractivity contribution in [3.05, 3.63) is 71.3 Å². The minimum Gasteiger partial charge on any atom is -0.508 e. The normalized spacial score (nSPS) is 19.0. The number of methoxy groups -OCH3 is 1. The number of hydrogen-bond acceptors (Lipinski definition) is 5. The summed E-state index contributed by atoms with van der Waals surface area (Å²) in [5.41, 5.74) is 3.98. The molecule has 2 aliphatic heterocycles. The van der Waals surface area contributed by atoms with Gasteiger partial charge in [0, 0.05) is 43.8 Å². The molecule has 1 N–H and O–H groups in total. The van der Waals surface area contributed by atoms with Crippen molar-refractivity contribution in [1.82, 2.24) is 4.90 Å². The van der Waals surface area contributed by atoms with Crippen molar-refractivity contribution >= 4 is 5.57 Å². The molecule has 4 rings (SSSR count). The fourth-order valence-corrected chi connectivity index (χ4v) is 4.18. The Labute approximate surface area is 188 Å². The molecule has 2 aromatic rings. The van der Waals surface area contributed by atoms with Gasteiger partial charge in [0.1, 0.15) is 30.0 Å². The lowest BCUT2D eigenvalue weighted by atomic mass is 9.90. The van der Waals surface area contributed by atoms with Gasteiger partial charge in [-0.15, -0.1) is 0 Å². The number of hydrogen-bond donors (Lipinski definition) is 1. The van der Waals surface area contributed by atoms with E-state index in [0.29, 0.717) is 13.2 Å². The first-order valence-electron chi connectivity index (χ1n) is 11.0. The highest BCUT2D eigenvalue weighted by Crippen LogP contribution is 2.43. The summed E-state index contributed by atoms with van der Waals surface area (Å²) >= 11 is 0. The van der Waals surface area contributed by atoms with Gasteiger partial charge in [-0.3, -0.25) is 9.29 Å². The maximum absolute atomic E-state index is 12.5. The van der Waals surface area contributed by atoms with E-state index < -0.39 is 0 Å². The van der Waals surface area contributed by atoms with E-state index in [9.17, 15) is 9.50 Å². The van der Waals surface area contributed by atoms with Crippen molar-refractivity contribution in [1.29, 1.82) is 0 Å². The fourth-order valence-electron chi connectivity index (χ4n) is 4.18. The van der Waals surface area contributed by atoms with Crippen molar-refractivity contribution in [2.45, 2.75) is 13.0 Å². The van der Waals surface area contributed by atoms with Crippen molar-refractivity contribution in [2.75, 3.05) is 46.6 Å². The molecular formula is C26H30FNO4. The van der Waals surface area contributed by atoms with Crippen LogP contribution in [0.5, 0.6) is 17.2 Å². The number of aromatic hydroxyl groups is 1. The van der Waals surface area contributed by atoms with Crippen LogP contribution in [0.3, 0.4) is 0 Å². The highest BCUT2D eigenvalue weighted by molar-refractivity contribution is 5.77. The molecule has 170 valence electrons. The molecule has 2 aromatic carbocycles. The number of halogens is 1. The summed E-state index contributed by atoms with van der Waals surface area (Å²) in [6.45, 7) is 5.35. The predicted molar refractivity (Wildman–Crippen MR) is 123 cm³/mol. The third kappa shape index (κ3) is 4.97. The summed E-state index contributed by atoms with van der Waals surface area (Å²) in [4.78, 5) is 2.20. The second kappa shape index (κ2) is 10.2. The first kappa shape index (κ1) is 22.4. The van der Waals surface area contributed by atoms with Crippen LogP contribution in [0.4, 0.5) is 4.39 Å². The number of allylic oxidation sites excluding steroid dienone is 1. The Kier molecular flexibility index (Phi) is 7.12. The number of fused-ring (bicyclic) bond motifs is 1. The molecule has 0 aliphatic carbocycles. The number of phenolic OH excluding ortho intramolecular Hbond substituents is 1. The second-order valence-corrected chi connectivity index (χ2v) is 8.31. The quantitative estimate of drug-likeness (QED) is 0.609. The van der Waals surface area contributed by atoms with E-state index in [1.54, 1.807) is 25.3 Å². The van der Waals surface area contributed by atoms with Gasteiger partial charge in [0.05, 0.1) is 13.3 Å². The van der Waals surface area contributed by atoms with E-state index in [-0.39, 0.29) is 24.4 Å². The topological polar surface area (TPSA) is 51.2 Å². The number of benzene rings is 2. The van der Waals surface area contributed by atoms with Crippen LogP contribution in [0.1, 0.15) is 24.2 Å². The lowest BCUT2D eigenvalue weighted by Crippen LogP contribution is -2.49. The number of ether oxygens (including phenoxy) is 3. The number of alkyl halides is 1. The van der Waals surface area contributed by atoms with Crippen LogP contribution in [0, 0.1) is 5.92 Å². The van der Waals surface area contributed by atoms with Crippen LogP contribution >= 0.6 is 0 Å². The number of nitrogens with zero attached hydrogens (tertiary/aromatic N) is 1. The molecule has 2 heterocycles. The third-order valence-corrected chi connectivity index (χ3v) is 6.00. The Hall–Kier alpha value is -2.83. The van der Waals surface area contributed by atoms with Crippen LogP contribution in [0.2, 0.25) is 0 Å². The molecule has 1 fully saturated rings. The Balaban J connectivity index is 1.47. The van der Waals surface area contributed by atoms with Gasteiger partial charge < -0.3 is 19.3 Å². The average Bonchev–Trinajstić information content (AvgIpc) is 2.77. The van der Waals surface area contributed by atoms with Gasteiger partial charge in [0.2, 0.25) is 0 Å². The molecule has 1 saturated heterocycles. The summed E-state index contributed by atoms with van der Waals surface area (Å²) in [6.07, 6.45) is 3.72. The van der Waals surface area contributed by atoms with Gasteiger partial charge in [0.15, 0.2) is 0 Å². The van der Waals surface area contributed by atoms with Crippen LogP contribution in [0.25, 0.3) is 5.57 Å². The fraction of sp³-hybridized carbons (Fsp3) is 0.385. The van der Waals surface area contributed by atoms with Gasteiger partial charge in [-0.1, -0.05) is 24.3 Å². The predicted octanol–water partition coefficient (Wildman–Crippen LogP) is 4.78. The Morgan fingerprint density at radius 3 is 2.69 bits per heavy atom. The summed E-state index contributed by atoms with van der Waals surface area (Å²) in [5.74, 6) is 1.96. The van der Waals surface area contributed by atoms with Crippen molar-refractivity contribution in [3.8, 4) is 17.2 Å². The standard InChI is InChI=1S/C26H30FNO4/c1-18-23(4-3-12-30-2)26(32-25-10-7-21(29)14-24(18)25)20-5-8-22(9-6-20)31-13-11-28-16-19(15-27)17-28/h3-10,14,19,26,29H,11-13,15-17H2,1-2H3/b4-3+/t26-/m0/s1. The SMILES string of the molecule is COC/C=C/C1=C(C)c2cc(O)ccc2O[C@H]1c1ccc(OCCN2CC(CF)C2)cc1. The molecule has 5 nitrogen and oxygen atoms in total. The van der Waals surface area contributed by atoms with Crippen molar-refractivity contribution < 1.29 is 23.7 Å². The van der Waals surface area contributed by atoms with Crippen LogP contribution in [0.15, 0.2) is 60.2 Å². The Morgan fingerprint density at radius 1 is 1.19 bits per heavy atom. The van der Waals surface area contributed by atoms with Gasteiger partial charge in [0.25, 0.3) is 0 Å². The monoisotopic (exact) mass is 439 g/mol. The summed E-state index contributed by atoms with van der Waals surface area (Å²) in [6, 6.07) is 13.1. The Bertz CT molecular complexity index is 980. The first-order chi connectivity index (χ1) is 15.6. The van der Waals surface area contributed by atoms with Crippen LogP contribution in [-0.4, -0.2) is 56.6 Å². The minimum atomic E-state index is -0.270. The zero-order valence-electron chi connectivity index (χ0n) is 18.6. The minimum absolute atomic E-state index is 0.197. The molecule has 0 unspecified atom stereocenters. The molecular weight excluding hydrogens is 409 g/mol. The second-order valence-electron chi connectivity index (χ2n) is 8.31. The van der Waals surface area contributed by atoms with E-state index in [2.05, 4.69) is 4.90 Å². The lowest BCUT2D eigenvalue weighted by Gasteiger charge is -2.37. The molecule has 0 saturated carbocycles. The van der Waals surface area contributed by atoms with Gasteiger partial charge >= 0.3 is 0 Å². The summed E-state index contributed by atoms with van der Waals surface area (Å²) < 4.78 is 29.9. The zero-order chi connectivity index (χ0) is 22.5. The van der Waals surface area contributed by atoms with Crippen molar-refractivity contribution in [2.24, 2.45) is 5.92 Å². The molecule has 6 heteroatoms. The average molecular weight is 440 g/mol. The summed E-state index contributed by atoms with van der Waals surface area (Å²) in [5, 5.41) is 9.92. The van der Waals surface area contributed by atoms with E-state index in [0.717, 1.165) is 53.4 Å². The number of rotatable bonds is 9. The van der Waals surface area contributed by atoms with E-state index >= 15 is 0 Å². The highest BCUT2D eigenvalue weighted by atomic mass is 19.1. The molecule has 0 amide bonds. The van der Waals surface area contributed by atoms with E-state index in [4.69, 9.17) is 14.2 Å². The first-order valence-corrected chi connectivity index (χ1v) is 11.0. The highest BCUT2D eigenvalue weighted by Gasteiger charge is 2.27. The smallest absolute Gasteiger partial charge is 0.149 e. The Morgan fingerprint density at radius 2 is 1.97 bits per heavy atom. The maximum atomic E-state index is 12.5. The van der Waals surface area contributed by atoms with E-state index in [1.807, 2.05) is 43.3 Å². The zero-order valence-corrected chi connectivity index (χ0v) is 18.6. The molecule has 1 atom stereocenters. The molecule has 0 aromatic heterocycles. The molecule has 0 spiro atoms. The van der Waals surface area contributed by atoms with E-state index in [1.165, 1.54) is 0 Å². The summed E-state index contributed by atoms with van der Waals surface area (Å²) in [7, 11) is 1.66. The molecule has 0 bridgehead atoms. The van der Waals surface area contributed by atoms with Gasteiger partial charge in [-0.2, -0.15) is 0 Å². The molecule has 32 heavy (non-hydrogen) atoms. The number of phenols is 1. The molecule has 2 aliphatic rings. The maximum Gasteiger partial charge on any atom is 0.149 e. The van der Waals surface area contributed by atoms with Crippen molar-refractivity contribution in [3.63, 3.8) is 0 Å². The largest absolute Gasteiger partial charge is 0.508 e.